The Morgan fingerprint density at radius 2 is 1.77 bits per heavy atom. The lowest BCUT2D eigenvalue weighted by Crippen LogP contribution is -2.33. The molecule has 8 nitrogen and oxygen atoms in total. The summed E-state index contributed by atoms with van der Waals surface area (Å²) in [5.74, 6) is -0.336. The van der Waals surface area contributed by atoms with Gasteiger partial charge < -0.3 is 22.1 Å². The number of piperidine rings is 1. The average molecular weight is 591 g/mol. The predicted octanol–water partition coefficient (Wildman–Crippen LogP) is 4.94. The molecule has 1 saturated carbocycles. The Kier molecular flexibility index (Phi) is 12.1. The van der Waals surface area contributed by atoms with Crippen LogP contribution in [-0.4, -0.2) is 54.0 Å². The number of fused-ring (bicyclic) bond motifs is 1. The highest BCUT2D eigenvalue weighted by molar-refractivity contribution is 6.31. The molecule has 0 spiro atoms. The fraction of sp³-hybridized carbons (Fsp3) is 0.462. The van der Waals surface area contributed by atoms with E-state index in [-0.39, 0.29) is 28.6 Å². The molecule has 14 heteroatoms. The summed E-state index contributed by atoms with van der Waals surface area (Å²) in [4.78, 5) is 30.5. The molecule has 2 aliphatic rings. The van der Waals surface area contributed by atoms with Crippen LogP contribution in [0.2, 0.25) is 5.02 Å². The Labute approximate surface area is 233 Å². The third-order valence-corrected chi connectivity index (χ3v) is 6.19. The molecule has 1 aliphatic heterocycles. The Balaban J connectivity index is 0.000000218. The smallest absolute Gasteiger partial charge is 0.401 e. The second kappa shape index (κ2) is 14.8. The Morgan fingerprint density at radius 3 is 2.25 bits per heavy atom. The number of carbonyl (C=O) groups excluding carboxylic acids is 2. The summed E-state index contributed by atoms with van der Waals surface area (Å²) in [6.07, 6.45) is -0.485. The normalized spacial score (nSPS) is 16.1. The molecule has 2 heterocycles. The zero-order valence-electron chi connectivity index (χ0n) is 21.9. The average Bonchev–Trinajstić information content (AvgIpc) is 3.73. The van der Waals surface area contributed by atoms with Gasteiger partial charge in [-0.1, -0.05) is 11.6 Å². The summed E-state index contributed by atoms with van der Waals surface area (Å²) in [5.41, 5.74) is 15.8. The number of nitrogens with two attached hydrogens (primary N) is 3. The van der Waals surface area contributed by atoms with Crippen molar-refractivity contribution in [1.29, 1.82) is 0 Å². The lowest BCUT2D eigenvalue weighted by atomic mass is 10.1. The van der Waals surface area contributed by atoms with Gasteiger partial charge in [0.25, 0.3) is 12.3 Å². The van der Waals surface area contributed by atoms with Crippen LogP contribution in [0.25, 0.3) is 10.9 Å². The lowest BCUT2D eigenvalue weighted by molar-refractivity contribution is -0.141. The number of alkyl halides is 5. The molecular formula is C26H32ClF5N6O2. The minimum Gasteiger partial charge on any atom is -0.401 e. The third kappa shape index (κ3) is 10.6. The maximum Gasteiger partial charge on any atom is 0.433 e. The number of primary amides is 1. The second-order valence-electron chi connectivity index (χ2n) is 9.22. The molecule has 2 amide bonds. The summed E-state index contributed by atoms with van der Waals surface area (Å²) < 4.78 is 60.9. The molecule has 0 bridgehead atoms. The molecule has 0 radical (unpaired) electrons. The van der Waals surface area contributed by atoms with Gasteiger partial charge in [-0.25, -0.2) is 13.8 Å². The number of hydrogen-bond acceptors (Lipinski definition) is 6. The molecular weight excluding hydrogens is 559 g/mol. The van der Waals surface area contributed by atoms with Crippen LogP contribution in [0.5, 0.6) is 0 Å². The summed E-state index contributed by atoms with van der Waals surface area (Å²) in [6.45, 7) is 2.96. The molecule has 1 aromatic carbocycles. The first-order valence-corrected chi connectivity index (χ1v) is 12.8. The zero-order valence-corrected chi connectivity index (χ0v) is 22.6. The number of benzene rings is 1. The number of aliphatic imine (C=N–C) groups is 1. The molecule has 2 aromatic rings. The number of hydrogen-bond donors (Lipinski definition) is 3. The van der Waals surface area contributed by atoms with E-state index in [2.05, 4.69) is 9.98 Å². The van der Waals surface area contributed by atoms with Crippen molar-refractivity contribution in [1.82, 2.24) is 9.88 Å². The topological polar surface area (TPSA) is 141 Å². The quantitative estimate of drug-likeness (QED) is 0.257. The highest BCUT2D eigenvalue weighted by atomic mass is 35.5. The van der Waals surface area contributed by atoms with Crippen LogP contribution in [0, 0.1) is 5.92 Å². The van der Waals surface area contributed by atoms with Gasteiger partial charge in [-0.3, -0.25) is 14.6 Å². The first-order valence-electron chi connectivity index (χ1n) is 12.5. The van der Waals surface area contributed by atoms with Crippen LogP contribution >= 0.6 is 11.6 Å². The number of amides is 2. The lowest BCUT2D eigenvalue weighted by Gasteiger charge is -2.24. The van der Waals surface area contributed by atoms with E-state index in [1.54, 1.807) is 6.92 Å². The predicted molar refractivity (Wildman–Crippen MR) is 145 cm³/mol. The number of rotatable bonds is 5. The van der Waals surface area contributed by atoms with Crippen molar-refractivity contribution >= 4 is 46.2 Å². The van der Waals surface area contributed by atoms with Crippen LogP contribution in [0.3, 0.4) is 0 Å². The van der Waals surface area contributed by atoms with Gasteiger partial charge in [-0.05, 0) is 62.3 Å². The van der Waals surface area contributed by atoms with Crippen molar-refractivity contribution in [3.8, 4) is 0 Å². The van der Waals surface area contributed by atoms with Crippen molar-refractivity contribution in [3.63, 3.8) is 0 Å². The minimum absolute atomic E-state index is 0.0137. The van der Waals surface area contributed by atoms with Crippen LogP contribution < -0.4 is 17.2 Å². The number of allylic oxidation sites excluding steroid dienone is 1. The van der Waals surface area contributed by atoms with E-state index >= 15 is 0 Å². The first-order chi connectivity index (χ1) is 18.7. The molecule has 1 aliphatic carbocycles. The van der Waals surface area contributed by atoms with Crippen LogP contribution in [0.1, 0.15) is 44.7 Å². The fourth-order valence-corrected chi connectivity index (χ4v) is 3.87. The van der Waals surface area contributed by atoms with E-state index in [0.29, 0.717) is 16.1 Å². The van der Waals surface area contributed by atoms with Gasteiger partial charge in [-0.2, -0.15) is 13.2 Å². The van der Waals surface area contributed by atoms with Crippen molar-refractivity contribution in [3.05, 3.63) is 46.3 Å². The van der Waals surface area contributed by atoms with Crippen LogP contribution in [0.15, 0.2) is 40.5 Å². The van der Waals surface area contributed by atoms with E-state index in [1.165, 1.54) is 37.5 Å². The van der Waals surface area contributed by atoms with Gasteiger partial charge in [0.05, 0.1) is 17.6 Å². The number of pyridine rings is 1. The number of carbonyl (C=O) groups is 2. The van der Waals surface area contributed by atoms with Gasteiger partial charge in [0.15, 0.2) is 0 Å². The highest BCUT2D eigenvalue weighted by Gasteiger charge is 2.33. The molecule has 6 N–H and O–H groups in total. The molecule has 0 atom stereocenters. The summed E-state index contributed by atoms with van der Waals surface area (Å²) >= 11 is 5.71. The number of anilines is 1. The van der Waals surface area contributed by atoms with Gasteiger partial charge in [0.1, 0.15) is 5.69 Å². The van der Waals surface area contributed by atoms with E-state index in [0.717, 1.165) is 38.2 Å². The second-order valence-corrected chi connectivity index (χ2v) is 9.65. The molecule has 1 saturated heterocycles. The SMILES string of the molecule is CC(=O)N1CCCCC1.NC(=O)/C(C=NCC(F)F)=C(/N)C1CC1.Nc1cc(C(F)(F)F)nc2ccc(Cl)cc12. The van der Waals surface area contributed by atoms with E-state index < -0.39 is 30.7 Å². The highest BCUT2D eigenvalue weighted by Crippen LogP contribution is 2.35. The Hall–Kier alpha value is -3.48. The first kappa shape index (κ1) is 32.7. The molecule has 1 aromatic heterocycles. The number of likely N-dealkylation sites (tertiary alicyclic amines) is 1. The monoisotopic (exact) mass is 590 g/mol. The number of nitrogen functional groups attached to an aromatic ring is 1. The van der Waals surface area contributed by atoms with Crippen molar-refractivity contribution < 1.29 is 31.5 Å². The Bertz CT molecular complexity index is 1240. The van der Waals surface area contributed by atoms with Gasteiger partial charge >= 0.3 is 6.18 Å². The third-order valence-electron chi connectivity index (χ3n) is 5.95. The van der Waals surface area contributed by atoms with E-state index in [9.17, 15) is 31.5 Å². The minimum atomic E-state index is -4.50. The van der Waals surface area contributed by atoms with Crippen molar-refractivity contribution in [2.75, 3.05) is 25.4 Å². The molecule has 220 valence electrons. The molecule has 0 unspecified atom stereocenters. The van der Waals surface area contributed by atoms with Crippen LogP contribution in [-0.2, 0) is 15.8 Å². The zero-order chi connectivity index (χ0) is 30.0. The fourth-order valence-electron chi connectivity index (χ4n) is 3.70. The number of nitrogens with zero attached hydrogens (tertiary/aromatic N) is 3. The number of aromatic nitrogens is 1. The standard InChI is InChI=1S/C10H6ClF3N2.C9H13F2N3O.C7H13NO/c11-5-1-2-8-6(3-5)7(15)4-9(16-8)10(12,13)14;10-7(11)4-14-3-6(9(13)15)8(12)5-1-2-5;1-7(9)8-5-3-2-4-6-8/h1-4H,(H2,15,16);3,5,7H,1-2,4,12H2,(H2,13,15);2-6H2,1H3/b;8-6+,14-3?;. The van der Waals surface area contributed by atoms with Crippen molar-refractivity contribution in [2.24, 2.45) is 22.4 Å². The van der Waals surface area contributed by atoms with Gasteiger partial charge in [0, 0.05) is 48.0 Å². The largest absolute Gasteiger partial charge is 0.433 e. The summed E-state index contributed by atoms with van der Waals surface area (Å²) in [7, 11) is 0. The molecule has 40 heavy (non-hydrogen) atoms. The van der Waals surface area contributed by atoms with Crippen molar-refractivity contribution in [2.45, 2.75) is 51.6 Å². The van der Waals surface area contributed by atoms with Gasteiger partial charge in [0.2, 0.25) is 5.91 Å². The molecule has 2 fully saturated rings. The van der Waals surface area contributed by atoms with Gasteiger partial charge in [-0.15, -0.1) is 0 Å². The summed E-state index contributed by atoms with van der Waals surface area (Å²) in [6, 6.07) is 5.16. The van der Waals surface area contributed by atoms with Crippen LogP contribution in [0.4, 0.5) is 27.6 Å². The van der Waals surface area contributed by atoms with E-state index in [1.807, 2.05) is 4.90 Å². The maximum absolute atomic E-state index is 12.4. The molecule has 4 rings (SSSR count). The van der Waals surface area contributed by atoms with E-state index in [4.69, 9.17) is 28.8 Å². The number of halogens is 6. The summed E-state index contributed by atoms with van der Waals surface area (Å²) in [5, 5.41) is 0.821. The Morgan fingerprint density at radius 1 is 1.15 bits per heavy atom. The maximum atomic E-state index is 12.4.